The first-order valence-corrected chi connectivity index (χ1v) is 5.73. The van der Waals surface area contributed by atoms with E-state index in [4.69, 9.17) is 10.2 Å². The summed E-state index contributed by atoms with van der Waals surface area (Å²) < 4.78 is 0. The molecule has 18 heavy (non-hydrogen) atoms. The Morgan fingerprint density at radius 3 is 1.89 bits per heavy atom. The second-order valence-corrected chi connectivity index (χ2v) is 4.07. The summed E-state index contributed by atoms with van der Waals surface area (Å²) in [4.78, 5) is 22.0. The van der Waals surface area contributed by atoms with Crippen molar-refractivity contribution in [1.29, 1.82) is 0 Å². The summed E-state index contributed by atoms with van der Waals surface area (Å²) in [6, 6.07) is 1.65. The van der Waals surface area contributed by atoms with Gasteiger partial charge in [-0.2, -0.15) is 0 Å². The maximum atomic E-state index is 11.4. The molecule has 1 rings (SSSR count). The van der Waals surface area contributed by atoms with Gasteiger partial charge in [0.1, 0.15) is 0 Å². The van der Waals surface area contributed by atoms with E-state index in [0.717, 1.165) is 22.3 Å². The molecule has 0 aromatic heterocycles. The number of aliphatic hydroxyl groups excluding tert-OH is 1. The van der Waals surface area contributed by atoms with Gasteiger partial charge in [0.2, 0.25) is 0 Å². The van der Waals surface area contributed by atoms with Crippen LogP contribution in [-0.4, -0.2) is 28.6 Å². The number of carboxylic acids is 1. The summed E-state index contributed by atoms with van der Waals surface area (Å²) >= 11 is 0. The van der Waals surface area contributed by atoms with Gasteiger partial charge in [-0.05, 0) is 62.9 Å². The fourth-order valence-electron chi connectivity index (χ4n) is 1.56. The van der Waals surface area contributed by atoms with Gasteiger partial charge < -0.3 is 10.2 Å². The van der Waals surface area contributed by atoms with Crippen LogP contribution in [0.1, 0.15) is 39.5 Å². The lowest BCUT2D eigenvalue weighted by Gasteiger charge is -2.11. The van der Waals surface area contributed by atoms with E-state index in [2.05, 4.69) is 0 Å². The first-order valence-electron chi connectivity index (χ1n) is 5.73. The number of aliphatic carboxylic acids is 1. The Morgan fingerprint density at radius 2 is 1.50 bits per heavy atom. The molecule has 0 bridgehead atoms. The van der Waals surface area contributed by atoms with Crippen LogP contribution in [0.3, 0.4) is 0 Å². The maximum Gasteiger partial charge on any atom is 0.377 e. The second kappa shape index (κ2) is 6.91. The van der Waals surface area contributed by atoms with Crippen molar-refractivity contribution in [1.82, 2.24) is 0 Å². The van der Waals surface area contributed by atoms with Crippen molar-refractivity contribution in [2.24, 2.45) is 0 Å². The maximum absolute atomic E-state index is 11.4. The third-order valence-corrected chi connectivity index (χ3v) is 2.92. The summed E-state index contributed by atoms with van der Waals surface area (Å²) in [6.07, 6.45) is 0. The van der Waals surface area contributed by atoms with E-state index < -0.39 is 11.8 Å². The van der Waals surface area contributed by atoms with Crippen LogP contribution in [0.15, 0.2) is 6.07 Å². The first-order chi connectivity index (χ1) is 8.27. The van der Waals surface area contributed by atoms with Crippen LogP contribution in [0, 0.1) is 27.7 Å². The highest BCUT2D eigenvalue weighted by Gasteiger charge is 2.19. The lowest BCUT2D eigenvalue weighted by molar-refractivity contribution is -0.131. The van der Waals surface area contributed by atoms with Crippen LogP contribution in [0.5, 0.6) is 0 Å². The van der Waals surface area contributed by atoms with Crippen LogP contribution >= 0.6 is 0 Å². The van der Waals surface area contributed by atoms with Gasteiger partial charge in [0.05, 0.1) is 0 Å². The largest absolute Gasteiger partial charge is 0.475 e. The third-order valence-electron chi connectivity index (χ3n) is 2.92. The van der Waals surface area contributed by atoms with Crippen LogP contribution < -0.4 is 0 Å². The fourth-order valence-corrected chi connectivity index (χ4v) is 1.56. The number of carbonyl (C=O) groups is 2. The number of rotatable bonds is 2. The van der Waals surface area contributed by atoms with Crippen molar-refractivity contribution < 1.29 is 19.8 Å². The molecule has 1 aromatic carbocycles. The minimum Gasteiger partial charge on any atom is -0.475 e. The van der Waals surface area contributed by atoms with Crippen LogP contribution in [-0.2, 0) is 4.79 Å². The second-order valence-electron chi connectivity index (χ2n) is 4.07. The molecule has 2 N–H and O–H groups in total. The number of carbonyl (C=O) groups excluding carboxylic acids is 1. The summed E-state index contributed by atoms with van der Waals surface area (Å²) in [6.45, 7) is 9.45. The van der Waals surface area contributed by atoms with Gasteiger partial charge in [0.25, 0.3) is 5.78 Å². The number of aryl methyl sites for hydroxylation is 1. The van der Waals surface area contributed by atoms with Gasteiger partial charge in [-0.3, -0.25) is 4.79 Å². The summed E-state index contributed by atoms with van der Waals surface area (Å²) in [5.41, 5.74) is 4.09. The topological polar surface area (TPSA) is 74.6 Å². The van der Waals surface area contributed by atoms with Gasteiger partial charge in [-0.25, -0.2) is 4.79 Å². The number of carboxylic acid groups (broad SMARTS) is 1. The molecular formula is C14H20O4. The molecule has 0 amide bonds. The van der Waals surface area contributed by atoms with Gasteiger partial charge in [0.15, 0.2) is 0 Å². The van der Waals surface area contributed by atoms with Crippen molar-refractivity contribution in [3.05, 3.63) is 33.9 Å². The quantitative estimate of drug-likeness (QED) is 0.625. The zero-order chi connectivity index (χ0) is 14.5. The Hall–Kier alpha value is -1.68. The SMILES string of the molecule is CCO.Cc1cc(C(=O)C(=O)O)c(C)c(C)c1C. The first kappa shape index (κ1) is 16.3. The van der Waals surface area contributed by atoms with Crippen LogP contribution in [0.4, 0.5) is 0 Å². The molecule has 0 radical (unpaired) electrons. The molecule has 0 atom stereocenters. The minimum absolute atomic E-state index is 0.250. The number of benzene rings is 1. The van der Waals surface area contributed by atoms with Gasteiger partial charge in [-0.15, -0.1) is 0 Å². The molecular weight excluding hydrogens is 232 g/mol. The molecule has 4 heteroatoms. The molecule has 4 nitrogen and oxygen atoms in total. The Bertz CT molecular complexity index is 461. The van der Waals surface area contributed by atoms with Gasteiger partial charge >= 0.3 is 5.97 Å². The average molecular weight is 252 g/mol. The smallest absolute Gasteiger partial charge is 0.377 e. The summed E-state index contributed by atoms with van der Waals surface area (Å²) in [5, 5.41) is 16.2. The van der Waals surface area contributed by atoms with Gasteiger partial charge in [-0.1, -0.05) is 0 Å². The highest BCUT2D eigenvalue weighted by Crippen LogP contribution is 2.21. The van der Waals surface area contributed by atoms with Crippen LogP contribution in [0.2, 0.25) is 0 Å². The monoisotopic (exact) mass is 252 g/mol. The number of aliphatic hydroxyl groups is 1. The van der Waals surface area contributed by atoms with Crippen molar-refractivity contribution in [2.45, 2.75) is 34.6 Å². The predicted octanol–water partition coefficient (Wildman–Crippen LogP) is 2.19. The van der Waals surface area contributed by atoms with E-state index in [1.54, 1.807) is 19.9 Å². The van der Waals surface area contributed by atoms with E-state index >= 15 is 0 Å². The zero-order valence-electron chi connectivity index (χ0n) is 11.5. The molecule has 0 unspecified atom stereocenters. The fraction of sp³-hybridized carbons (Fsp3) is 0.429. The molecule has 100 valence electrons. The van der Waals surface area contributed by atoms with E-state index in [1.807, 2.05) is 20.8 Å². The highest BCUT2D eigenvalue weighted by molar-refractivity contribution is 6.40. The van der Waals surface area contributed by atoms with E-state index in [-0.39, 0.29) is 6.61 Å². The Labute approximate surface area is 107 Å². The number of hydrogen-bond acceptors (Lipinski definition) is 3. The lowest BCUT2D eigenvalue weighted by Crippen LogP contribution is -2.15. The zero-order valence-corrected chi connectivity index (χ0v) is 11.5. The normalized spacial score (nSPS) is 9.44. The highest BCUT2D eigenvalue weighted by atomic mass is 16.4. The Balaban J connectivity index is 0.000000873. The third kappa shape index (κ3) is 3.67. The molecule has 0 heterocycles. The Morgan fingerprint density at radius 1 is 1.06 bits per heavy atom. The summed E-state index contributed by atoms with van der Waals surface area (Å²) in [7, 11) is 0. The molecule has 1 aromatic rings. The predicted molar refractivity (Wildman–Crippen MR) is 70.1 cm³/mol. The number of ketones is 1. The van der Waals surface area contributed by atoms with E-state index in [1.165, 1.54) is 0 Å². The minimum atomic E-state index is -1.40. The number of Topliss-reactive ketones (excluding diaryl/α,β-unsaturated/α-hetero) is 1. The van der Waals surface area contributed by atoms with Gasteiger partial charge in [0, 0.05) is 12.2 Å². The van der Waals surface area contributed by atoms with Crippen molar-refractivity contribution in [3.63, 3.8) is 0 Å². The molecule has 0 aliphatic heterocycles. The average Bonchev–Trinajstić information content (AvgIpc) is 2.31. The van der Waals surface area contributed by atoms with E-state index in [0.29, 0.717) is 5.56 Å². The molecule has 0 aliphatic carbocycles. The molecule has 0 fully saturated rings. The van der Waals surface area contributed by atoms with Crippen molar-refractivity contribution in [3.8, 4) is 0 Å². The molecule has 0 aliphatic rings. The molecule has 0 saturated heterocycles. The van der Waals surface area contributed by atoms with Crippen molar-refractivity contribution in [2.75, 3.05) is 6.61 Å². The van der Waals surface area contributed by atoms with E-state index in [9.17, 15) is 9.59 Å². The molecule has 0 spiro atoms. The van der Waals surface area contributed by atoms with Crippen LogP contribution in [0.25, 0.3) is 0 Å². The molecule has 0 saturated carbocycles. The van der Waals surface area contributed by atoms with Crippen molar-refractivity contribution >= 4 is 11.8 Å². The Kier molecular flexibility index (Phi) is 6.27. The lowest BCUT2D eigenvalue weighted by atomic mass is 9.93. The number of hydrogen-bond donors (Lipinski definition) is 2. The standard InChI is InChI=1S/C12H14O3.C2H6O/c1-6-5-10(11(13)12(14)15)9(4)8(3)7(6)2;1-2-3/h5H,1-4H3,(H,14,15);3H,2H2,1H3. The summed E-state index contributed by atoms with van der Waals surface area (Å²) in [5.74, 6) is -2.24.